The van der Waals surface area contributed by atoms with Crippen LogP contribution in [0.5, 0.6) is 0 Å². The molecule has 0 aromatic carbocycles. The molecule has 2 nitrogen and oxygen atoms in total. The molecule has 1 aliphatic carbocycles. The highest BCUT2D eigenvalue weighted by molar-refractivity contribution is 5.02. The van der Waals surface area contributed by atoms with Crippen molar-refractivity contribution in [2.75, 3.05) is 19.6 Å². The molecule has 1 saturated heterocycles. The molecule has 16 heavy (non-hydrogen) atoms. The molecule has 2 rings (SSSR count). The number of rotatable bonds is 4. The van der Waals surface area contributed by atoms with Crippen molar-refractivity contribution in [2.24, 2.45) is 5.92 Å². The van der Waals surface area contributed by atoms with Gasteiger partial charge in [-0.1, -0.05) is 13.8 Å². The van der Waals surface area contributed by atoms with Gasteiger partial charge in [-0.05, 0) is 45.4 Å². The number of hydrogen-bond acceptors (Lipinski definition) is 2. The molecule has 1 aliphatic heterocycles. The van der Waals surface area contributed by atoms with Crippen LogP contribution in [0.3, 0.4) is 0 Å². The first-order valence-corrected chi connectivity index (χ1v) is 7.04. The molecule has 0 atom stereocenters. The first kappa shape index (κ1) is 12.4. The van der Waals surface area contributed by atoms with Gasteiger partial charge in [0.05, 0.1) is 0 Å². The molecule has 0 bridgehead atoms. The molecule has 1 saturated carbocycles. The third-order valence-electron chi connectivity index (χ3n) is 5.12. The summed E-state index contributed by atoms with van der Waals surface area (Å²) in [5.74, 6) is 0.956. The van der Waals surface area contributed by atoms with E-state index < -0.39 is 0 Å². The van der Waals surface area contributed by atoms with Gasteiger partial charge in [0.25, 0.3) is 0 Å². The van der Waals surface area contributed by atoms with Gasteiger partial charge in [0.2, 0.25) is 0 Å². The summed E-state index contributed by atoms with van der Waals surface area (Å²) in [6, 6.07) is 0. The largest absolute Gasteiger partial charge is 0.309 e. The fourth-order valence-corrected chi connectivity index (χ4v) is 3.22. The maximum atomic E-state index is 3.75. The van der Waals surface area contributed by atoms with Crippen LogP contribution in [0, 0.1) is 5.92 Å². The topological polar surface area (TPSA) is 15.3 Å². The van der Waals surface area contributed by atoms with Crippen LogP contribution in [-0.4, -0.2) is 35.6 Å². The Hall–Kier alpha value is -0.0800. The molecule has 2 fully saturated rings. The van der Waals surface area contributed by atoms with Crippen molar-refractivity contribution in [1.82, 2.24) is 10.2 Å². The van der Waals surface area contributed by atoms with Gasteiger partial charge in [-0.25, -0.2) is 0 Å². The minimum Gasteiger partial charge on any atom is -0.309 e. The fourth-order valence-electron chi connectivity index (χ4n) is 3.22. The average molecular weight is 224 g/mol. The van der Waals surface area contributed by atoms with Crippen molar-refractivity contribution in [3.63, 3.8) is 0 Å². The first-order valence-electron chi connectivity index (χ1n) is 7.04. The van der Waals surface area contributed by atoms with Gasteiger partial charge in [0.15, 0.2) is 0 Å². The molecule has 0 spiro atoms. The van der Waals surface area contributed by atoms with Crippen LogP contribution >= 0.6 is 0 Å². The van der Waals surface area contributed by atoms with E-state index in [0.29, 0.717) is 11.1 Å². The summed E-state index contributed by atoms with van der Waals surface area (Å²) in [6.07, 6.45) is 5.39. The highest BCUT2D eigenvalue weighted by Crippen LogP contribution is 2.43. The van der Waals surface area contributed by atoms with E-state index in [1.165, 1.54) is 38.8 Å². The highest BCUT2D eigenvalue weighted by Gasteiger charge is 2.45. The molecule has 0 unspecified atom stereocenters. The predicted molar refractivity (Wildman–Crippen MR) is 69.7 cm³/mol. The van der Waals surface area contributed by atoms with Crippen LogP contribution in [-0.2, 0) is 0 Å². The van der Waals surface area contributed by atoms with Crippen molar-refractivity contribution in [3.8, 4) is 0 Å². The summed E-state index contributed by atoms with van der Waals surface area (Å²) in [6.45, 7) is 13.2. The molecule has 1 heterocycles. The van der Waals surface area contributed by atoms with Crippen molar-refractivity contribution >= 4 is 0 Å². The van der Waals surface area contributed by atoms with Gasteiger partial charge < -0.3 is 5.32 Å². The number of nitrogens with zero attached hydrogens (tertiary/aromatic N) is 1. The van der Waals surface area contributed by atoms with Crippen LogP contribution in [0.25, 0.3) is 0 Å². The zero-order valence-electron chi connectivity index (χ0n) is 11.5. The van der Waals surface area contributed by atoms with Gasteiger partial charge >= 0.3 is 0 Å². The summed E-state index contributed by atoms with van der Waals surface area (Å²) in [4.78, 5) is 2.74. The Morgan fingerprint density at radius 1 is 1.25 bits per heavy atom. The molecular weight excluding hydrogens is 196 g/mol. The fraction of sp³-hybridized carbons (Fsp3) is 1.00. The minimum absolute atomic E-state index is 0.379. The minimum atomic E-state index is 0.379. The molecule has 0 aromatic rings. The van der Waals surface area contributed by atoms with E-state index in [1.54, 1.807) is 0 Å². The third kappa shape index (κ3) is 2.14. The molecule has 0 radical (unpaired) electrons. The predicted octanol–water partition coefficient (Wildman–Crippen LogP) is 2.64. The normalized spacial score (nSPS) is 27.0. The highest BCUT2D eigenvalue weighted by atomic mass is 15.3. The Morgan fingerprint density at radius 2 is 1.88 bits per heavy atom. The molecule has 0 aromatic heterocycles. The van der Waals surface area contributed by atoms with Gasteiger partial charge in [-0.3, -0.25) is 4.90 Å². The number of piperazine rings is 1. The van der Waals surface area contributed by atoms with E-state index >= 15 is 0 Å². The monoisotopic (exact) mass is 224 g/mol. The van der Waals surface area contributed by atoms with Crippen LogP contribution in [0.15, 0.2) is 0 Å². The van der Waals surface area contributed by atoms with E-state index in [4.69, 9.17) is 0 Å². The van der Waals surface area contributed by atoms with Crippen molar-refractivity contribution in [2.45, 2.75) is 64.5 Å². The maximum Gasteiger partial charge on any atom is 0.0304 e. The molecular formula is C14H28N2. The van der Waals surface area contributed by atoms with Gasteiger partial charge in [0.1, 0.15) is 0 Å². The van der Waals surface area contributed by atoms with Gasteiger partial charge in [0, 0.05) is 30.7 Å². The van der Waals surface area contributed by atoms with Crippen molar-refractivity contribution in [1.29, 1.82) is 0 Å². The average Bonchev–Trinajstić information content (AvgIpc) is 3.13. The van der Waals surface area contributed by atoms with E-state index in [0.717, 1.165) is 12.5 Å². The zero-order valence-corrected chi connectivity index (χ0v) is 11.5. The second-order valence-electron chi connectivity index (χ2n) is 6.26. The summed E-state index contributed by atoms with van der Waals surface area (Å²) < 4.78 is 0. The lowest BCUT2D eigenvalue weighted by Crippen LogP contribution is -2.64. The van der Waals surface area contributed by atoms with Crippen LogP contribution < -0.4 is 5.32 Å². The molecule has 1 N–H and O–H groups in total. The lowest BCUT2D eigenvalue weighted by Gasteiger charge is -2.50. The van der Waals surface area contributed by atoms with E-state index in [-0.39, 0.29) is 0 Å². The Balaban J connectivity index is 2.05. The van der Waals surface area contributed by atoms with E-state index in [1.807, 2.05) is 0 Å². The lowest BCUT2D eigenvalue weighted by atomic mass is 9.86. The van der Waals surface area contributed by atoms with Gasteiger partial charge in [-0.15, -0.1) is 0 Å². The second kappa shape index (κ2) is 4.30. The second-order valence-corrected chi connectivity index (χ2v) is 6.26. The lowest BCUT2D eigenvalue weighted by molar-refractivity contribution is 0.0291. The van der Waals surface area contributed by atoms with Crippen molar-refractivity contribution in [3.05, 3.63) is 0 Å². The van der Waals surface area contributed by atoms with Crippen LogP contribution in [0.1, 0.15) is 53.4 Å². The third-order valence-corrected chi connectivity index (χ3v) is 5.12. The van der Waals surface area contributed by atoms with Crippen molar-refractivity contribution < 1.29 is 0 Å². The number of nitrogens with one attached hydrogen (secondary N) is 1. The van der Waals surface area contributed by atoms with Crippen LogP contribution in [0.2, 0.25) is 0 Å². The summed E-state index contributed by atoms with van der Waals surface area (Å²) in [7, 11) is 0. The smallest absolute Gasteiger partial charge is 0.0304 e. The summed E-state index contributed by atoms with van der Waals surface area (Å²) in [5.41, 5.74) is 0.808. The Bertz CT molecular complexity index is 239. The zero-order chi connectivity index (χ0) is 11.8. The molecule has 2 aliphatic rings. The Kier molecular flexibility index (Phi) is 3.33. The Labute approximate surface area is 101 Å². The SMILES string of the molecule is CCC1(CC)CN(C(C)(C)C2CC2)CCN1. The molecule has 94 valence electrons. The van der Waals surface area contributed by atoms with E-state index in [2.05, 4.69) is 37.9 Å². The quantitative estimate of drug-likeness (QED) is 0.790. The van der Waals surface area contributed by atoms with Gasteiger partial charge in [-0.2, -0.15) is 0 Å². The Morgan fingerprint density at radius 3 is 2.38 bits per heavy atom. The van der Waals surface area contributed by atoms with Crippen LogP contribution in [0.4, 0.5) is 0 Å². The number of hydrogen-bond donors (Lipinski definition) is 1. The molecule has 2 heteroatoms. The standard InChI is InChI=1S/C14H28N2/c1-5-14(6-2)11-16(10-9-15-14)13(3,4)12-7-8-12/h12,15H,5-11H2,1-4H3. The maximum absolute atomic E-state index is 3.75. The summed E-state index contributed by atoms with van der Waals surface area (Å²) in [5, 5.41) is 3.75. The summed E-state index contributed by atoms with van der Waals surface area (Å²) >= 11 is 0. The first-order chi connectivity index (χ1) is 7.54. The molecule has 0 amide bonds. The van der Waals surface area contributed by atoms with E-state index in [9.17, 15) is 0 Å².